The Morgan fingerprint density at radius 1 is 1.15 bits per heavy atom. The van der Waals surface area contributed by atoms with Crippen molar-refractivity contribution in [3.8, 4) is 11.3 Å². The second-order valence-corrected chi connectivity index (χ2v) is 6.54. The molecule has 0 fully saturated rings. The van der Waals surface area contributed by atoms with Crippen LogP contribution in [0.25, 0.3) is 11.3 Å². The van der Waals surface area contributed by atoms with Crippen molar-refractivity contribution < 1.29 is 13.6 Å². The average molecular weight is 369 g/mol. The number of amides is 1. The lowest BCUT2D eigenvalue weighted by Gasteiger charge is -2.11. The van der Waals surface area contributed by atoms with Gasteiger partial charge in [0, 0.05) is 5.56 Å². The summed E-state index contributed by atoms with van der Waals surface area (Å²) in [5, 5.41) is 9.98. The van der Waals surface area contributed by atoms with Crippen LogP contribution in [0.3, 0.4) is 0 Å². The Morgan fingerprint density at radius 3 is 2.48 bits per heavy atom. The maximum Gasteiger partial charge on any atom is 0.261 e. The van der Waals surface area contributed by atoms with E-state index in [1.807, 2.05) is 39.0 Å². The van der Waals surface area contributed by atoms with E-state index >= 15 is 0 Å². The second-order valence-electron chi connectivity index (χ2n) is 6.54. The third-order valence-electron chi connectivity index (χ3n) is 4.41. The Morgan fingerprint density at radius 2 is 1.85 bits per heavy atom. The zero-order valence-electron chi connectivity index (χ0n) is 15.5. The van der Waals surface area contributed by atoms with Crippen molar-refractivity contribution in [2.24, 2.45) is 0 Å². The Bertz CT molecular complexity index is 975. The lowest BCUT2D eigenvalue weighted by molar-refractivity contribution is 0.101. The van der Waals surface area contributed by atoms with Crippen LogP contribution in [-0.2, 0) is 6.42 Å². The fourth-order valence-electron chi connectivity index (χ4n) is 3.11. The number of benzene rings is 2. The maximum absolute atomic E-state index is 14.0. The average Bonchev–Trinajstić information content (AvgIpc) is 2.97. The highest BCUT2D eigenvalue weighted by molar-refractivity contribution is 6.06. The van der Waals surface area contributed by atoms with Gasteiger partial charge in [-0.25, -0.2) is 8.78 Å². The summed E-state index contributed by atoms with van der Waals surface area (Å²) in [6, 6.07) is 9.25. The standard InChI is InChI=1S/C21H21F2N3O/c1-4-6-17-20(24-21(27)18-15(22)7-5-8-16(18)23)19(26-25-17)14-10-9-12(2)11-13(14)3/h5,7-11H,4,6H2,1-3H3,(H,24,27)(H,25,26). The molecule has 140 valence electrons. The van der Waals surface area contributed by atoms with Crippen molar-refractivity contribution >= 4 is 11.6 Å². The fourth-order valence-corrected chi connectivity index (χ4v) is 3.11. The van der Waals surface area contributed by atoms with Gasteiger partial charge in [-0.3, -0.25) is 9.89 Å². The lowest BCUT2D eigenvalue weighted by atomic mass is 10.0. The zero-order valence-corrected chi connectivity index (χ0v) is 15.5. The summed E-state index contributed by atoms with van der Waals surface area (Å²) < 4.78 is 28.0. The van der Waals surface area contributed by atoms with Crippen LogP contribution < -0.4 is 5.32 Å². The van der Waals surface area contributed by atoms with Gasteiger partial charge in [0.25, 0.3) is 5.91 Å². The molecule has 0 aliphatic rings. The van der Waals surface area contributed by atoms with Crippen LogP contribution in [0.15, 0.2) is 36.4 Å². The van der Waals surface area contributed by atoms with E-state index in [9.17, 15) is 13.6 Å². The van der Waals surface area contributed by atoms with E-state index in [0.717, 1.165) is 40.9 Å². The van der Waals surface area contributed by atoms with Gasteiger partial charge in [0.15, 0.2) is 0 Å². The van der Waals surface area contributed by atoms with E-state index in [4.69, 9.17) is 0 Å². The lowest BCUT2D eigenvalue weighted by Crippen LogP contribution is -2.17. The molecule has 0 unspecified atom stereocenters. The highest BCUT2D eigenvalue weighted by Crippen LogP contribution is 2.32. The molecule has 2 aromatic carbocycles. The molecule has 1 heterocycles. The summed E-state index contributed by atoms with van der Waals surface area (Å²) in [5.74, 6) is -2.64. The number of aromatic amines is 1. The number of hydrogen-bond donors (Lipinski definition) is 2. The Hall–Kier alpha value is -3.02. The van der Waals surface area contributed by atoms with Crippen molar-refractivity contribution in [3.63, 3.8) is 0 Å². The van der Waals surface area contributed by atoms with Gasteiger partial charge in [-0.15, -0.1) is 0 Å². The molecule has 0 aliphatic carbocycles. The smallest absolute Gasteiger partial charge is 0.261 e. The number of anilines is 1. The fraction of sp³-hybridized carbons (Fsp3) is 0.238. The molecular formula is C21H21F2N3O. The maximum atomic E-state index is 14.0. The predicted molar refractivity (Wildman–Crippen MR) is 102 cm³/mol. The van der Waals surface area contributed by atoms with Gasteiger partial charge >= 0.3 is 0 Å². The number of rotatable bonds is 5. The van der Waals surface area contributed by atoms with Crippen LogP contribution >= 0.6 is 0 Å². The number of H-pyrrole nitrogens is 1. The van der Waals surface area contributed by atoms with E-state index in [-0.39, 0.29) is 0 Å². The summed E-state index contributed by atoms with van der Waals surface area (Å²) >= 11 is 0. The number of aromatic nitrogens is 2. The third kappa shape index (κ3) is 3.74. The van der Waals surface area contributed by atoms with Crippen LogP contribution in [0.2, 0.25) is 0 Å². The molecule has 6 heteroatoms. The number of nitrogens with zero attached hydrogens (tertiary/aromatic N) is 1. The van der Waals surface area contributed by atoms with Gasteiger partial charge in [0.1, 0.15) is 22.9 Å². The Kier molecular flexibility index (Phi) is 5.35. The number of hydrogen-bond acceptors (Lipinski definition) is 2. The largest absolute Gasteiger partial charge is 0.318 e. The van der Waals surface area contributed by atoms with Crippen molar-refractivity contribution in [2.75, 3.05) is 5.32 Å². The van der Waals surface area contributed by atoms with Gasteiger partial charge in [-0.05, 0) is 38.0 Å². The van der Waals surface area contributed by atoms with Crippen molar-refractivity contribution in [1.82, 2.24) is 10.2 Å². The molecule has 2 N–H and O–H groups in total. The molecule has 0 radical (unpaired) electrons. The summed E-state index contributed by atoms with van der Waals surface area (Å²) in [6.07, 6.45) is 1.47. The molecule has 0 saturated heterocycles. The van der Waals surface area contributed by atoms with Gasteiger partial charge in [-0.2, -0.15) is 5.10 Å². The molecule has 27 heavy (non-hydrogen) atoms. The summed E-state index contributed by atoms with van der Waals surface area (Å²) in [6.45, 7) is 5.95. The van der Waals surface area contributed by atoms with Gasteiger partial charge in [-0.1, -0.05) is 43.2 Å². The monoisotopic (exact) mass is 369 g/mol. The molecule has 0 bridgehead atoms. The van der Waals surface area contributed by atoms with E-state index in [2.05, 4.69) is 15.5 Å². The minimum Gasteiger partial charge on any atom is -0.318 e. The van der Waals surface area contributed by atoms with Crippen LogP contribution in [0.5, 0.6) is 0 Å². The van der Waals surface area contributed by atoms with Crippen LogP contribution in [0, 0.1) is 25.5 Å². The predicted octanol–water partition coefficient (Wildman–Crippen LogP) is 5.18. The summed E-state index contributed by atoms with van der Waals surface area (Å²) in [4.78, 5) is 12.6. The molecule has 0 atom stereocenters. The molecule has 4 nitrogen and oxygen atoms in total. The molecule has 3 rings (SSSR count). The Balaban J connectivity index is 2.06. The van der Waals surface area contributed by atoms with E-state index < -0.39 is 23.1 Å². The molecule has 1 aromatic heterocycles. The van der Waals surface area contributed by atoms with E-state index in [1.165, 1.54) is 6.07 Å². The van der Waals surface area contributed by atoms with Crippen molar-refractivity contribution in [1.29, 1.82) is 0 Å². The highest BCUT2D eigenvalue weighted by atomic mass is 19.1. The van der Waals surface area contributed by atoms with Crippen molar-refractivity contribution in [3.05, 3.63) is 70.4 Å². The Labute approximate surface area is 156 Å². The van der Waals surface area contributed by atoms with Gasteiger partial charge in [0.2, 0.25) is 0 Å². The number of carbonyl (C=O) groups excluding carboxylic acids is 1. The minimum atomic E-state index is -0.902. The second kappa shape index (κ2) is 7.70. The number of aryl methyl sites for hydroxylation is 3. The number of halogens is 2. The van der Waals surface area contributed by atoms with Crippen molar-refractivity contribution in [2.45, 2.75) is 33.6 Å². The van der Waals surface area contributed by atoms with Gasteiger partial charge < -0.3 is 5.32 Å². The quantitative estimate of drug-likeness (QED) is 0.651. The first-order valence-electron chi connectivity index (χ1n) is 8.82. The number of carbonyl (C=O) groups is 1. The van der Waals surface area contributed by atoms with Crippen LogP contribution in [-0.4, -0.2) is 16.1 Å². The molecule has 0 aliphatic heterocycles. The SMILES string of the molecule is CCCc1[nH]nc(-c2ccc(C)cc2C)c1NC(=O)c1c(F)cccc1F. The summed E-state index contributed by atoms with van der Waals surface area (Å²) in [7, 11) is 0. The van der Waals surface area contributed by atoms with Crippen LogP contribution in [0.1, 0.15) is 40.5 Å². The molecule has 0 spiro atoms. The van der Waals surface area contributed by atoms with E-state index in [0.29, 0.717) is 17.8 Å². The molecule has 3 aromatic rings. The normalized spacial score (nSPS) is 10.9. The van der Waals surface area contributed by atoms with Crippen LogP contribution in [0.4, 0.5) is 14.5 Å². The molecule has 0 saturated carbocycles. The van der Waals surface area contributed by atoms with Gasteiger partial charge in [0.05, 0.1) is 11.4 Å². The first-order chi connectivity index (χ1) is 12.9. The van der Waals surface area contributed by atoms with E-state index in [1.54, 1.807) is 0 Å². The minimum absolute atomic E-state index is 0.455. The zero-order chi connectivity index (χ0) is 19.6. The first-order valence-corrected chi connectivity index (χ1v) is 8.82. The first kappa shape index (κ1) is 18.8. The summed E-state index contributed by atoms with van der Waals surface area (Å²) in [5.41, 5.74) is 4.09. The number of nitrogens with one attached hydrogen (secondary N) is 2. The third-order valence-corrected chi connectivity index (χ3v) is 4.41. The molecule has 1 amide bonds. The topological polar surface area (TPSA) is 57.8 Å². The molecular weight excluding hydrogens is 348 g/mol. The highest BCUT2D eigenvalue weighted by Gasteiger charge is 2.22.